The van der Waals surface area contributed by atoms with E-state index in [0.717, 1.165) is 71.1 Å². The molecular weight excluding hydrogens is 1660 g/mol. The normalized spacial score (nSPS) is 14.0. The van der Waals surface area contributed by atoms with Crippen molar-refractivity contribution in [1.29, 1.82) is 0 Å². The molecule has 0 saturated carbocycles. The van der Waals surface area contributed by atoms with E-state index in [-0.39, 0.29) is 46.7 Å². The molecule has 644 valence electrons. The molecule has 9 heterocycles. The Balaban J connectivity index is 0.000000127. The van der Waals surface area contributed by atoms with Crippen molar-refractivity contribution >= 4 is 187 Å². The Kier molecular flexibility index (Phi) is 23.1. The van der Waals surface area contributed by atoms with E-state index in [2.05, 4.69) is 63.2 Å². The molecule has 0 atom stereocenters. The Bertz CT molecular complexity index is 7590. The van der Waals surface area contributed by atoms with Gasteiger partial charge in [-0.25, -0.2) is 19.2 Å². The van der Waals surface area contributed by atoms with E-state index in [9.17, 15) is 62.3 Å². The van der Waals surface area contributed by atoms with Gasteiger partial charge in [0.05, 0.1) is 73.0 Å². The average Bonchev–Trinajstić information content (AvgIpc) is 1.59. The third-order valence-corrected chi connectivity index (χ3v) is 21.6. The van der Waals surface area contributed by atoms with Crippen LogP contribution in [0.2, 0.25) is 0 Å². The van der Waals surface area contributed by atoms with Gasteiger partial charge in [-0.2, -0.15) is 0 Å². The number of methoxy groups -OCH3 is 1. The Morgan fingerprint density at radius 1 is 0.318 bits per heavy atom. The summed E-state index contributed by atoms with van der Waals surface area (Å²) in [6.07, 6.45) is 1.57. The van der Waals surface area contributed by atoms with Crippen LogP contribution < -0.4 is 28.4 Å². The van der Waals surface area contributed by atoms with E-state index < -0.39 is 53.0 Å². The van der Waals surface area contributed by atoms with Crippen LogP contribution in [0, 0.1) is 0 Å². The third-order valence-electron chi connectivity index (χ3n) is 21.6. The van der Waals surface area contributed by atoms with Crippen LogP contribution in [-0.4, -0.2) is 130 Å². The molecule has 0 bridgehead atoms. The summed E-state index contributed by atoms with van der Waals surface area (Å²) in [5.74, 6) is -4.44. The number of hydrogen-bond donors (Lipinski definition) is 0. The van der Waals surface area contributed by atoms with Crippen molar-refractivity contribution < 1.29 is 110 Å². The first-order chi connectivity index (χ1) is 62.1. The van der Waals surface area contributed by atoms with Crippen LogP contribution in [0.15, 0.2) is 215 Å². The molecule has 0 radical (unpaired) electrons. The number of ether oxygens (including phenoxy) is 6. The standard InChI is InChI=1S/C27H20N2O7.C26H20N2O6.C24H17N3O5.C20H16N2O5/c1-4-29-21-11-7-17(24(32)16-5-8-18(9-6-16)34-14(2)30)13-20(21)23-22(29)12-10-19-25(33)27(35-26(19)23)28-36-15(3)31;1-4-28-20-11-7-16(23(30)15-5-8-17(32-3)9-6-15)13-19(20)22-21(28)12-10-18-24(31)26(33-25(18)22)27-34-14(2)29;1-3-27-18-9-7-14(21(29)17-6-4-5-11-25-17)12-16(18)20-19(27)10-8-15-22(30)24(31-23(15)20)26-32-13(2)28;1-4-22-15-7-5-12(10(2)23)9-14(15)17-16(22)8-6-13-18(25)20(26-19(13)17)21-27-11(3)24/h5-13H,4H2,1-3H3;5-13H,4H2,1-3H3;4-12H,3H2,1-2H3;5-9H,4H2,1-3H3/b28-27-;27-26-;26-24-;21-20-. The minimum Gasteiger partial charge on any atom is -0.497 e. The molecule has 19 rings (SSSR count). The minimum absolute atomic E-state index is 0.0454. The fraction of sp³-hybridized carbons (Fsp3) is 0.155. The Morgan fingerprint density at radius 2 is 0.597 bits per heavy atom. The number of esters is 1. The molecular formula is C97H73N9O23. The first kappa shape index (κ1) is 85.5. The van der Waals surface area contributed by atoms with Gasteiger partial charge in [0, 0.05) is 144 Å². The smallest absolute Gasteiger partial charge is 0.332 e. The Hall–Kier alpha value is -17.1. The second kappa shape index (κ2) is 34.9. The molecule has 0 amide bonds. The predicted octanol–water partition coefficient (Wildman–Crippen LogP) is 16.3. The zero-order valence-electron chi connectivity index (χ0n) is 70.7. The first-order valence-corrected chi connectivity index (χ1v) is 40.4. The molecule has 4 aliphatic rings. The summed E-state index contributed by atoms with van der Waals surface area (Å²) in [6.45, 7) is 18.3. The summed E-state index contributed by atoms with van der Waals surface area (Å²) in [5, 5.41) is 20.0. The molecule has 0 spiro atoms. The molecule has 0 N–H and O–H groups in total. The van der Waals surface area contributed by atoms with Gasteiger partial charge in [-0.3, -0.25) is 48.1 Å². The molecule has 5 aromatic heterocycles. The summed E-state index contributed by atoms with van der Waals surface area (Å²) in [4.78, 5) is 180. The van der Waals surface area contributed by atoms with Gasteiger partial charge in [0.2, 0.25) is 5.78 Å². The lowest BCUT2D eigenvalue weighted by Gasteiger charge is -2.05. The number of Topliss-reactive ketones (excluding diaryl/α,β-unsaturated/α-hetero) is 5. The van der Waals surface area contributed by atoms with Crippen molar-refractivity contribution in [1.82, 2.24) is 23.3 Å². The number of aromatic nitrogens is 5. The molecule has 0 saturated heterocycles. The molecule has 0 unspecified atom stereocenters. The predicted molar refractivity (Wildman–Crippen MR) is 472 cm³/mol. The van der Waals surface area contributed by atoms with Gasteiger partial charge in [0.15, 0.2) is 40.3 Å². The van der Waals surface area contributed by atoms with E-state index in [1.807, 2.05) is 88.4 Å². The summed E-state index contributed by atoms with van der Waals surface area (Å²) in [5.41, 5.74) is 11.6. The summed E-state index contributed by atoms with van der Waals surface area (Å²) in [6, 6.07) is 54.2. The first-order valence-electron chi connectivity index (χ1n) is 40.4. The Labute approximate surface area is 729 Å². The fourth-order valence-corrected chi connectivity index (χ4v) is 16.0. The van der Waals surface area contributed by atoms with E-state index >= 15 is 0 Å². The second-order valence-electron chi connectivity index (χ2n) is 29.5. The molecule has 15 aromatic rings. The molecule has 129 heavy (non-hydrogen) atoms. The van der Waals surface area contributed by atoms with Gasteiger partial charge in [-0.05, 0) is 237 Å². The maximum absolute atomic E-state index is 13.3. The van der Waals surface area contributed by atoms with Gasteiger partial charge in [0.25, 0.3) is 23.1 Å². The summed E-state index contributed by atoms with van der Waals surface area (Å²) < 4.78 is 41.5. The molecule has 0 aliphatic carbocycles. The van der Waals surface area contributed by atoms with Gasteiger partial charge < -0.3 is 66.0 Å². The van der Waals surface area contributed by atoms with E-state index in [1.165, 1.54) is 41.5 Å². The average molecular weight is 1730 g/mol. The van der Waals surface area contributed by atoms with Gasteiger partial charge in [-0.1, -0.05) is 6.07 Å². The largest absolute Gasteiger partial charge is 0.497 e. The highest BCUT2D eigenvalue weighted by atomic mass is 16.7. The fourth-order valence-electron chi connectivity index (χ4n) is 16.0. The number of fused-ring (bicyclic) bond motifs is 20. The van der Waals surface area contributed by atoms with Crippen LogP contribution in [0.3, 0.4) is 0 Å². The molecule has 32 heteroatoms. The van der Waals surface area contributed by atoms with Crippen molar-refractivity contribution in [2.75, 3.05) is 7.11 Å². The van der Waals surface area contributed by atoms with Crippen molar-refractivity contribution in [3.8, 4) is 34.5 Å². The number of carbonyl (C=O) groups is 13. The third kappa shape index (κ3) is 15.8. The number of rotatable bonds is 17. The van der Waals surface area contributed by atoms with Crippen LogP contribution in [0.25, 0.3) is 87.2 Å². The second-order valence-corrected chi connectivity index (χ2v) is 29.5. The SMILES string of the molecule is CCn1c2ccc(C(=O)c3ccc(OC(C)=O)cc3)cc2c2c3c(ccc21)C(=O)/C(=N/OC(C)=O)O3.CCn1c2ccc(C(=O)c3ccc(OC)cc3)cc2c2c3c(ccc21)C(=O)/C(=N/OC(C)=O)O3.CCn1c2ccc(C(=O)c3ccccn3)cc2c2c3c(ccc21)C(=O)/C(=N/OC(C)=O)O3.CCn1c2ccc(C(C)=O)cc2c2c3c(ccc21)C(=O)/C(=N/OC(C)=O)O3. The van der Waals surface area contributed by atoms with Crippen molar-refractivity contribution in [2.45, 2.75) is 95.4 Å². The number of pyridine rings is 1. The van der Waals surface area contributed by atoms with Crippen LogP contribution in [0.1, 0.15) is 169 Å². The maximum Gasteiger partial charge on any atom is 0.332 e. The van der Waals surface area contributed by atoms with Gasteiger partial charge >= 0.3 is 53.4 Å². The number of ketones is 8. The quantitative estimate of drug-likeness (QED) is 0.0268. The zero-order chi connectivity index (χ0) is 91.2. The monoisotopic (exact) mass is 1730 g/mol. The lowest BCUT2D eigenvalue weighted by Crippen LogP contribution is -2.13. The number of nitrogens with zero attached hydrogens (tertiary/aromatic N) is 9. The van der Waals surface area contributed by atoms with E-state index in [1.54, 1.807) is 141 Å². The topological polar surface area (TPSA) is 396 Å². The van der Waals surface area contributed by atoms with Crippen molar-refractivity contribution in [3.63, 3.8) is 0 Å². The van der Waals surface area contributed by atoms with Crippen molar-refractivity contribution in [2.24, 2.45) is 20.6 Å². The van der Waals surface area contributed by atoms with E-state index in [4.69, 9.17) is 28.4 Å². The minimum atomic E-state index is -0.674. The van der Waals surface area contributed by atoms with Crippen molar-refractivity contribution in [3.05, 3.63) is 256 Å². The van der Waals surface area contributed by atoms with Crippen LogP contribution in [-0.2, 0) is 69.5 Å². The van der Waals surface area contributed by atoms with Crippen LogP contribution in [0.4, 0.5) is 0 Å². The van der Waals surface area contributed by atoms with Crippen LogP contribution in [0.5, 0.6) is 34.5 Å². The van der Waals surface area contributed by atoms with Gasteiger partial charge in [-0.15, -0.1) is 0 Å². The van der Waals surface area contributed by atoms with E-state index in [0.29, 0.717) is 138 Å². The molecule has 0 fully saturated rings. The highest BCUT2D eigenvalue weighted by Crippen LogP contribution is 2.47. The summed E-state index contributed by atoms with van der Waals surface area (Å²) >= 11 is 0. The highest BCUT2D eigenvalue weighted by Gasteiger charge is 2.39. The number of benzene rings is 10. The number of aryl methyl sites for hydroxylation is 4. The lowest BCUT2D eigenvalue weighted by atomic mass is 10.00. The zero-order valence-corrected chi connectivity index (χ0v) is 70.7. The molecule has 32 nitrogen and oxygen atoms in total. The Morgan fingerprint density at radius 3 is 0.868 bits per heavy atom. The lowest BCUT2D eigenvalue weighted by molar-refractivity contribution is -0.142. The molecule has 4 aliphatic heterocycles. The van der Waals surface area contributed by atoms with Crippen LogP contribution >= 0.6 is 0 Å². The highest BCUT2D eigenvalue weighted by molar-refractivity contribution is 6.50. The molecule has 10 aromatic carbocycles. The number of hydrogen-bond acceptors (Lipinski definition) is 28. The summed E-state index contributed by atoms with van der Waals surface area (Å²) in [7, 11) is 1.57. The number of carbonyl (C=O) groups excluding carboxylic acids is 13. The maximum atomic E-state index is 13.3. The number of oxime groups is 4. The van der Waals surface area contributed by atoms with Gasteiger partial charge in [0.1, 0.15) is 17.2 Å².